The van der Waals surface area contributed by atoms with E-state index in [-0.39, 0.29) is 40.2 Å². The second kappa shape index (κ2) is 13.0. The molecule has 1 aliphatic rings. The molecule has 220 valence electrons. The van der Waals surface area contributed by atoms with Crippen LogP contribution in [0.4, 0.5) is 0 Å². The summed E-state index contributed by atoms with van der Waals surface area (Å²) in [6.07, 6.45) is 2.58. The fraction of sp³-hybridized carbons (Fsp3) is 0.429. The van der Waals surface area contributed by atoms with Crippen LogP contribution in [0.2, 0.25) is 0 Å². The van der Waals surface area contributed by atoms with Crippen molar-refractivity contribution in [1.29, 1.82) is 0 Å². The highest BCUT2D eigenvalue weighted by molar-refractivity contribution is 8.00. The molecule has 1 fully saturated rings. The first-order valence-corrected chi connectivity index (χ1v) is 15.7. The Kier molecular flexibility index (Phi) is 9.21. The van der Waals surface area contributed by atoms with Crippen LogP contribution in [-0.2, 0) is 9.59 Å². The van der Waals surface area contributed by atoms with Crippen molar-refractivity contribution < 1.29 is 9.59 Å². The molecule has 2 aromatic carbocycles. The summed E-state index contributed by atoms with van der Waals surface area (Å²) < 4.78 is 3.25. The molecule has 0 unspecified atom stereocenters. The molecule has 2 heterocycles. The van der Waals surface area contributed by atoms with Gasteiger partial charge in [0, 0.05) is 12.6 Å². The standard InChI is InChI=1S/C28H34N10O2S2/c1-27(2)14-20(30-24(40)17-42-26-32-34-36-38(26)22-12-8-5-9-13-22)15-28(3,18-27)19-29-23(39)16-41-25-31-33-35-37(25)21-10-6-4-7-11-21/h4-13,20H,14-19H2,1-3H3,(H,29,39)(H,30,40)/t20-,28+/m1/s1. The predicted octanol–water partition coefficient (Wildman–Crippen LogP) is 3.34. The average molecular weight is 607 g/mol. The topological polar surface area (TPSA) is 145 Å². The van der Waals surface area contributed by atoms with Crippen molar-refractivity contribution in [1.82, 2.24) is 51.0 Å². The van der Waals surface area contributed by atoms with E-state index in [1.54, 1.807) is 9.36 Å². The Morgan fingerprint density at radius 2 is 1.33 bits per heavy atom. The summed E-state index contributed by atoms with van der Waals surface area (Å²) in [5, 5.41) is 31.2. The van der Waals surface area contributed by atoms with Crippen LogP contribution in [0.1, 0.15) is 40.0 Å². The Balaban J connectivity index is 1.12. The van der Waals surface area contributed by atoms with Crippen LogP contribution in [0.15, 0.2) is 71.0 Å². The van der Waals surface area contributed by atoms with E-state index in [0.717, 1.165) is 30.6 Å². The molecule has 14 heteroatoms. The van der Waals surface area contributed by atoms with Gasteiger partial charge >= 0.3 is 0 Å². The molecule has 1 saturated carbocycles. The molecule has 0 radical (unpaired) electrons. The third-order valence-electron chi connectivity index (χ3n) is 7.07. The van der Waals surface area contributed by atoms with Gasteiger partial charge in [-0.2, -0.15) is 9.36 Å². The van der Waals surface area contributed by atoms with E-state index in [1.807, 2.05) is 60.7 Å². The minimum absolute atomic E-state index is 0.00116. The molecular formula is C28H34N10O2S2. The lowest BCUT2D eigenvalue weighted by atomic mass is 9.62. The first kappa shape index (κ1) is 29.7. The number of para-hydroxylation sites is 2. The normalized spacial score (nSPS) is 19.7. The van der Waals surface area contributed by atoms with Crippen molar-refractivity contribution in [3.05, 3.63) is 60.7 Å². The zero-order valence-electron chi connectivity index (χ0n) is 23.8. The van der Waals surface area contributed by atoms with E-state index < -0.39 is 0 Å². The molecule has 1 aliphatic carbocycles. The van der Waals surface area contributed by atoms with Gasteiger partial charge in [-0.25, -0.2) is 0 Å². The van der Waals surface area contributed by atoms with Crippen molar-refractivity contribution in [3.8, 4) is 11.4 Å². The van der Waals surface area contributed by atoms with E-state index in [4.69, 9.17) is 0 Å². The second-order valence-electron chi connectivity index (χ2n) is 11.6. The number of benzene rings is 2. The van der Waals surface area contributed by atoms with Gasteiger partial charge in [0.1, 0.15) is 0 Å². The number of hydrogen-bond acceptors (Lipinski definition) is 10. The molecule has 2 N–H and O–H groups in total. The highest BCUT2D eigenvalue weighted by atomic mass is 32.2. The van der Waals surface area contributed by atoms with E-state index in [9.17, 15) is 9.59 Å². The third kappa shape index (κ3) is 7.73. The van der Waals surface area contributed by atoms with Gasteiger partial charge in [0.15, 0.2) is 0 Å². The van der Waals surface area contributed by atoms with Crippen LogP contribution in [0.25, 0.3) is 11.4 Å². The molecule has 0 spiro atoms. The molecular weight excluding hydrogens is 573 g/mol. The summed E-state index contributed by atoms with van der Waals surface area (Å²) in [5.74, 6) is 0.258. The second-order valence-corrected chi connectivity index (χ2v) is 13.5. The lowest BCUT2D eigenvalue weighted by Crippen LogP contribution is -2.50. The summed E-state index contributed by atoms with van der Waals surface area (Å²) in [6, 6.07) is 19.2. The number of thioether (sulfide) groups is 2. The van der Waals surface area contributed by atoms with Gasteiger partial charge in [-0.15, -0.1) is 10.2 Å². The van der Waals surface area contributed by atoms with E-state index in [1.165, 1.54) is 23.5 Å². The number of carbonyl (C=O) groups is 2. The minimum atomic E-state index is -0.170. The average Bonchev–Trinajstić information content (AvgIpc) is 3.64. The van der Waals surface area contributed by atoms with Gasteiger partial charge in [-0.1, -0.05) is 80.7 Å². The molecule has 5 rings (SSSR count). The highest BCUT2D eigenvalue weighted by Crippen LogP contribution is 2.45. The Morgan fingerprint density at radius 3 is 1.88 bits per heavy atom. The fourth-order valence-corrected chi connectivity index (χ4v) is 7.19. The molecule has 2 atom stereocenters. The molecule has 2 aromatic heterocycles. The largest absolute Gasteiger partial charge is 0.355 e. The van der Waals surface area contributed by atoms with Gasteiger partial charge in [0.25, 0.3) is 0 Å². The van der Waals surface area contributed by atoms with E-state index >= 15 is 0 Å². The quantitative estimate of drug-likeness (QED) is 0.244. The SMILES string of the molecule is CC1(C)C[C@@H](NC(=O)CSc2nnnn2-c2ccccc2)C[C@](C)(CNC(=O)CSc2nnnn2-c2ccccc2)C1. The molecule has 0 saturated heterocycles. The smallest absolute Gasteiger partial charge is 0.230 e. The Bertz CT molecular complexity index is 1490. The van der Waals surface area contributed by atoms with E-state index in [0.29, 0.717) is 16.9 Å². The first-order chi connectivity index (χ1) is 20.2. The van der Waals surface area contributed by atoms with Crippen LogP contribution < -0.4 is 10.6 Å². The third-order valence-corrected chi connectivity index (χ3v) is 8.91. The maximum atomic E-state index is 13.0. The van der Waals surface area contributed by atoms with Gasteiger partial charge in [0.05, 0.1) is 22.9 Å². The van der Waals surface area contributed by atoms with Gasteiger partial charge in [-0.05, 0) is 75.2 Å². The monoisotopic (exact) mass is 606 g/mol. The Hall–Kier alpha value is -3.78. The molecule has 42 heavy (non-hydrogen) atoms. The number of tetrazole rings is 2. The van der Waals surface area contributed by atoms with Crippen molar-refractivity contribution in [2.75, 3.05) is 18.1 Å². The number of hydrogen-bond donors (Lipinski definition) is 2. The predicted molar refractivity (Wildman–Crippen MR) is 160 cm³/mol. The van der Waals surface area contributed by atoms with Gasteiger partial charge < -0.3 is 10.6 Å². The van der Waals surface area contributed by atoms with Gasteiger partial charge in [0.2, 0.25) is 22.1 Å². The minimum Gasteiger partial charge on any atom is -0.355 e. The van der Waals surface area contributed by atoms with Crippen molar-refractivity contribution in [2.45, 2.75) is 56.4 Å². The number of rotatable bonds is 11. The van der Waals surface area contributed by atoms with Crippen LogP contribution in [0.5, 0.6) is 0 Å². The van der Waals surface area contributed by atoms with Gasteiger partial charge in [-0.3, -0.25) is 9.59 Å². The molecule has 0 aliphatic heterocycles. The number of carbonyl (C=O) groups excluding carboxylic acids is 2. The summed E-state index contributed by atoms with van der Waals surface area (Å²) in [4.78, 5) is 25.8. The number of aromatic nitrogens is 8. The number of nitrogens with one attached hydrogen (secondary N) is 2. The highest BCUT2D eigenvalue weighted by Gasteiger charge is 2.41. The summed E-state index contributed by atoms with van der Waals surface area (Å²) in [5.41, 5.74) is 1.51. The van der Waals surface area contributed by atoms with Crippen LogP contribution in [0.3, 0.4) is 0 Å². The maximum absolute atomic E-state index is 13.0. The van der Waals surface area contributed by atoms with Crippen molar-refractivity contribution in [2.24, 2.45) is 10.8 Å². The summed E-state index contributed by atoms with van der Waals surface area (Å²) >= 11 is 2.60. The lowest BCUT2D eigenvalue weighted by molar-refractivity contribution is -0.121. The van der Waals surface area contributed by atoms with Crippen LogP contribution >= 0.6 is 23.5 Å². The van der Waals surface area contributed by atoms with Crippen molar-refractivity contribution in [3.63, 3.8) is 0 Å². The zero-order valence-corrected chi connectivity index (χ0v) is 25.4. The molecule has 4 aromatic rings. The first-order valence-electron chi connectivity index (χ1n) is 13.7. The Labute approximate surface area is 252 Å². The summed E-state index contributed by atoms with van der Waals surface area (Å²) in [7, 11) is 0. The van der Waals surface area contributed by atoms with Crippen LogP contribution in [0, 0.1) is 10.8 Å². The molecule has 2 amide bonds. The van der Waals surface area contributed by atoms with Crippen LogP contribution in [-0.4, -0.2) is 76.3 Å². The molecule has 0 bridgehead atoms. The zero-order chi connectivity index (χ0) is 29.6. The fourth-order valence-electron chi connectivity index (χ4n) is 5.76. The number of nitrogens with zero attached hydrogens (tertiary/aromatic N) is 8. The van der Waals surface area contributed by atoms with E-state index in [2.05, 4.69) is 62.5 Å². The van der Waals surface area contributed by atoms with Crippen molar-refractivity contribution >= 4 is 35.3 Å². The Morgan fingerprint density at radius 1 is 0.810 bits per heavy atom. The number of amides is 2. The molecule has 12 nitrogen and oxygen atoms in total. The lowest BCUT2D eigenvalue weighted by Gasteiger charge is -2.47. The summed E-state index contributed by atoms with van der Waals surface area (Å²) in [6.45, 7) is 7.13. The maximum Gasteiger partial charge on any atom is 0.230 e.